The fourth-order valence-corrected chi connectivity index (χ4v) is 2.71. The van der Waals surface area contributed by atoms with Crippen LogP contribution in [0.15, 0.2) is 36.4 Å². The van der Waals surface area contributed by atoms with E-state index in [1.807, 2.05) is 0 Å². The summed E-state index contributed by atoms with van der Waals surface area (Å²) in [4.78, 5) is 0. The largest absolute Gasteiger partial charge is 0.493 e. The van der Waals surface area contributed by atoms with Crippen molar-refractivity contribution in [2.45, 2.75) is 53.4 Å². The summed E-state index contributed by atoms with van der Waals surface area (Å²) in [6, 6.07) is 13.4. The lowest BCUT2D eigenvalue weighted by Crippen LogP contribution is -2.01. The van der Waals surface area contributed by atoms with Gasteiger partial charge in [0.2, 0.25) is 0 Å². The lowest BCUT2D eigenvalue weighted by molar-refractivity contribution is 0.315. The zero-order valence-electron chi connectivity index (χ0n) is 14.4. The number of hydrogen-bond donors (Lipinski definition) is 0. The lowest BCUT2D eigenvalue weighted by Gasteiger charge is -2.14. The van der Waals surface area contributed by atoms with E-state index >= 15 is 0 Å². The number of rotatable bonds is 7. The molecule has 2 aromatic rings. The Kier molecular flexibility index (Phi) is 6.06. The summed E-state index contributed by atoms with van der Waals surface area (Å²) >= 11 is 0. The Labute approximate surface area is 135 Å². The topological polar surface area (TPSA) is 9.23 Å². The fraction of sp³-hybridized carbons (Fsp3) is 0.429. The summed E-state index contributed by atoms with van der Waals surface area (Å²) in [5, 5.41) is 0. The summed E-state index contributed by atoms with van der Waals surface area (Å²) in [7, 11) is 0. The normalized spacial score (nSPS) is 10.7. The van der Waals surface area contributed by atoms with Gasteiger partial charge in [-0.25, -0.2) is 0 Å². The van der Waals surface area contributed by atoms with Crippen molar-refractivity contribution in [3.05, 3.63) is 64.2 Å². The molecule has 0 unspecified atom stereocenters. The van der Waals surface area contributed by atoms with Crippen LogP contribution in [-0.2, 0) is 19.3 Å². The molecule has 0 atom stereocenters. The van der Waals surface area contributed by atoms with E-state index in [4.69, 9.17) is 4.74 Å². The van der Waals surface area contributed by atoms with Gasteiger partial charge in [-0.2, -0.15) is 0 Å². The van der Waals surface area contributed by atoms with E-state index in [1.165, 1.54) is 27.8 Å². The van der Waals surface area contributed by atoms with Gasteiger partial charge < -0.3 is 4.74 Å². The second kappa shape index (κ2) is 8.03. The molecule has 0 amide bonds. The van der Waals surface area contributed by atoms with E-state index < -0.39 is 0 Å². The van der Waals surface area contributed by atoms with Crippen molar-refractivity contribution < 1.29 is 4.74 Å². The monoisotopic (exact) mass is 296 g/mol. The van der Waals surface area contributed by atoms with Crippen molar-refractivity contribution in [2.24, 2.45) is 0 Å². The molecule has 0 bridgehead atoms. The highest BCUT2D eigenvalue weighted by Crippen LogP contribution is 2.25. The summed E-state index contributed by atoms with van der Waals surface area (Å²) < 4.78 is 5.81. The molecule has 1 nitrogen and oxygen atoms in total. The predicted molar refractivity (Wildman–Crippen MR) is 94.9 cm³/mol. The third-order valence-electron chi connectivity index (χ3n) is 4.43. The van der Waals surface area contributed by atoms with Gasteiger partial charge in [-0.3, -0.25) is 0 Å². The molecule has 0 aliphatic rings. The highest BCUT2D eigenvalue weighted by atomic mass is 16.5. The Morgan fingerprint density at radius 1 is 0.773 bits per heavy atom. The Morgan fingerprint density at radius 2 is 1.45 bits per heavy atom. The second-order valence-electron chi connectivity index (χ2n) is 5.99. The summed E-state index contributed by atoms with van der Waals surface area (Å²) in [6.45, 7) is 9.51. The molecule has 0 saturated carbocycles. The summed E-state index contributed by atoms with van der Waals surface area (Å²) in [5.74, 6) is 1.04. The van der Waals surface area contributed by atoms with Crippen LogP contribution in [0, 0.1) is 13.8 Å². The van der Waals surface area contributed by atoms with E-state index in [9.17, 15) is 0 Å². The van der Waals surface area contributed by atoms with Crippen LogP contribution in [0.5, 0.6) is 5.75 Å². The number of benzene rings is 2. The molecule has 0 radical (unpaired) electrons. The Hall–Kier alpha value is -1.76. The minimum atomic E-state index is 0.795. The average Bonchev–Trinajstić information content (AvgIpc) is 2.56. The molecule has 0 saturated heterocycles. The van der Waals surface area contributed by atoms with Gasteiger partial charge in [-0.15, -0.1) is 0 Å². The molecule has 1 heteroatoms. The maximum atomic E-state index is 5.81. The maximum absolute atomic E-state index is 5.81. The predicted octanol–water partition coefficient (Wildman–Crippen LogP) is 5.44. The zero-order valence-corrected chi connectivity index (χ0v) is 14.4. The quantitative estimate of drug-likeness (QED) is 0.661. The van der Waals surface area contributed by atoms with Gasteiger partial charge in [0.05, 0.1) is 6.61 Å². The first-order chi connectivity index (χ1) is 10.7. The van der Waals surface area contributed by atoms with E-state index in [0.29, 0.717) is 0 Å². The van der Waals surface area contributed by atoms with Crippen LogP contribution in [0.1, 0.15) is 48.1 Å². The van der Waals surface area contributed by atoms with Gasteiger partial charge in [0.15, 0.2) is 0 Å². The standard InChI is InChI=1S/C21H28O/c1-5-15-22-21-14-13-20(16(3)17(21)4)12-11-19-9-7-18(6-2)8-10-19/h7-10,13-14H,5-6,11-12,15H2,1-4H3. The molecule has 0 N–H and O–H groups in total. The van der Waals surface area contributed by atoms with Gasteiger partial charge >= 0.3 is 0 Å². The molecule has 22 heavy (non-hydrogen) atoms. The maximum Gasteiger partial charge on any atom is 0.122 e. The van der Waals surface area contributed by atoms with Crippen LogP contribution in [0.4, 0.5) is 0 Å². The molecule has 0 fully saturated rings. The van der Waals surface area contributed by atoms with E-state index in [0.717, 1.165) is 38.0 Å². The summed E-state index contributed by atoms with van der Waals surface area (Å²) in [6.07, 6.45) is 4.34. The molecular weight excluding hydrogens is 268 g/mol. The molecule has 2 rings (SSSR count). The summed E-state index contributed by atoms with van der Waals surface area (Å²) in [5.41, 5.74) is 6.92. The Morgan fingerprint density at radius 3 is 2.09 bits per heavy atom. The van der Waals surface area contributed by atoms with E-state index in [1.54, 1.807) is 0 Å². The van der Waals surface area contributed by atoms with Gasteiger partial charge in [0.25, 0.3) is 0 Å². The number of hydrogen-bond acceptors (Lipinski definition) is 1. The lowest BCUT2D eigenvalue weighted by atomic mass is 9.96. The fourth-order valence-electron chi connectivity index (χ4n) is 2.71. The van der Waals surface area contributed by atoms with Gasteiger partial charge in [0.1, 0.15) is 5.75 Å². The minimum absolute atomic E-state index is 0.795. The van der Waals surface area contributed by atoms with Crippen LogP contribution in [0.2, 0.25) is 0 Å². The average molecular weight is 296 g/mol. The minimum Gasteiger partial charge on any atom is -0.493 e. The molecular formula is C21H28O. The van der Waals surface area contributed by atoms with Gasteiger partial charge in [-0.05, 0) is 73.4 Å². The van der Waals surface area contributed by atoms with Gasteiger partial charge in [0, 0.05) is 0 Å². The van der Waals surface area contributed by atoms with E-state index in [2.05, 4.69) is 64.1 Å². The Balaban J connectivity index is 2.04. The first kappa shape index (κ1) is 16.6. The first-order valence-electron chi connectivity index (χ1n) is 8.45. The first-order valence-corrected chi connectivity index (χ1v) is 8.45. The van der Waals surface area contributed by atoms with Gasteiger partial charge in [-0.1, -0.05) is 44.2 Å². The van der Waals surface area contributed by atoms with Crippen LogP contribution in [0.25, 0.3) is 0 Å². The van der Waals surface area contributed by atoms with E-state index in [-0.39, 0.29) is 0 Å². The van der Waals surface area contributed by atoms with Crippen molar-refractivity contribution in [3.8, 4) is 5.75 Å². The molecule has 0 heterocycles. The second-order valence-corrected chi connectivity index (χ2v) is 5.99. The van der Waals surface area contributed by atoms with Crippen molar-refractivity contribution in [3.63, 3.8) is 0 Å². The molecule has 2 aromatic carbocycles. The number of aryl methyl sites for hydroxylation is 3. The molecule has 0 aromatic heterocycles. The zero-order chi connectivity index (χ0) is 15.9. The van der Waals surface area contributed by atoms with Crippen molar-refractivity contribution in [1.82, 2.24) is 0 Å². The third kappa shape index (κ3) is 4.13. The molecule has 0 aliphatic carbocycles. The highest BCUT2D eigenvalue weighted by Gasteiger charge is 2.07. The van der Waals surface area contributed by atoms with Crippen LogP contribution < -0.4 is 4.74 Å². The molecule has 0 spiro atoms. The third-order valence-corrected chi connectivity index (χ3v) is 4.43. The van der Waals surface area contributed by atoms with Crippen molar-refractivity contribution in [1.29, 1.82) is 0 Å². The van der Waals surface area contributed by atoms with Crippen LogP contribution in [0.3, 0.4) is 0 Å². The molecule has 0 aliphatic heterocycles. The van der Waals surface area contributed by atoms with Crippen LogP contribution >= 0.6 is 0 Å². The van der Waals surface area contributed by atoms with Crippen LogP contribution in [-0.4, -0.2) is 6.61 Å². The smallest absolute Gasteiger partial charge is 0.122 e. The van der Waals surface area contributed by atoms with Crippen molar-refractivity contribution >= 4 is 0 Å². The Bertz CT molecular complexity index is 596. The SMILES string of the molecule is CCCOc1ccc(CCc2ccc(CC)cc2)c(C)c1C. The van der Waals surface area contributed by atoms with Crippen molar-refractivity contribution in [2.75, 3.05) is 6.61 Å². The number of ether oxygens (including phenoxy) is 1. The highest BCUT2D eigenvalue weighted by molar-refractivity contribution is 5.44. The molecule has 118 valence electrons.